The lowest BCUT2D eigenvalue weighted by atomic mass is 9.86. The average Bonchev–Trinajstić information content (AvgIpc) is 1.89. The number of hydrogen-bond acceptors (Lipinski definition) is 2. The Bertz CT molecular complexity index is 103. The first-order chi connectivity index (χ1) is 4.34. The largest absolute Gasteiger partial charge is 0.327 e. The quantitative estimate of drug-likeness (QED) is 0.527. The van der Waals surface area contributed by atoms with E-state index in [1.165, 1.54) is 12.8 Å². The van der Waals surface area contributed by atoms with Crippen molar-refractivity contribution in [2.24, 2.45) is 11.7 Å². The molecule has 1 rings (SSSR count). The molecule has 0 amide bonds. The van der Waals surface area contributed by atoms with Gasteiger partial charge in [0.1, 0.15) is 6.29 Å². The highest BCUT2D eigenvalue weighted by atomic mass is 16.1. The summed E-state index contributed by atoms with van der Waals surface area (Å²) in [5.74, 6) is 0.152. The molecule has 2 nitrogen and oxygen atoms in total. The predicted molar refractivity (Wildman–Crippen MR) is 36.0 cm³/mol. The second-order valence-electron chi connectivity index (χ2n) is 2.75. The number of rotatable bonds is 1. The lowest BCUT2D eigenvalue weighted by Crippen LogP contribution is -2.33. The van der Waals surface area contributed by atoms with Crippen LogP contribution in [-0.4, -0.2) is 12.3 Å². The molecule has 0 aromatic rings. The maximum atomic E-state index is 10.3. The molecule has 0 aromatic heterocycles. The fraction of sp³-hybridized carbons (Fsp3) is 0.857. The van der Waals surface area contributed by atoms with Gasteiger partial charge in [0.05, 0.1) is 0 Å². The zero-order valence-electron chi connectivity index (χ0n) is 5.55. The molecule has 0 saturated heterocycles. The lowest BCUT2D eigenvalue weighted by Gasteiger charge is -2.23. The van der Waals surface area contributed by atoms with Crippen LogP contribution < -0.4 is 5.73 Å². The number of nitrogens with two attached hydrogens (primary N) is 1. The normalized spacial score (nSPS) is 36.1. The van der Waals surface area contributed by atoms with E-state index in [-0.39, 0.29) is 12.0 Å². The van der Waals surface area contributed by atoms with Gasteiger partial charge in [-0.3, -0.25) is 0 Å². The van der Waals surface area contributed by atoms with Gasteiger partial charge in [0.2, 0.25) is 0 Å². The summed E-state index contributed by atoms with van der Waals surface area (Å²) in [7, 11) is 0. The van der Waals surface area contributed by atoms with E-state index in [0.717, 1.165) is 19.1 Å². The molecule has 52 valence electrons. The zero-order chi connectivity index (χ0) is 6.69. The van der Waals surface area contributed by atoms with Crippen molar-refractivity contribution in [3.05, 3.63) is 0 Å². The maximum absolute atomic E-state index is 10.3. The summed E-state index contributed by atoms with van der Waals surface area (Å²) in [6.07, 6.45) is 5.42. The first-order valence-corrected chi connectivity index (χ1v) is 3.55. The standard InChI is InChI=1S/C7H13NO/c8-7-4-2-1-3-6(7)5-9/h5-7H,1-4,8H2/t6-,7+/m0/s1. The maximum Gasteiger partial charge on any atom is 0.124 e. The second kappa shape index (κ2) is 2.97. The molecule has 2 atom stereocenters. The van der Waals surface area contributed by atoms with Crippen molar-refractivity contribution < 1.29 is 4.79 Å². The smallest absolute Gasteiger partial charge is 0.124 e. The van der Waals surface area contributed by atoms with Gasteiger partial charge in [0, 0.05) is 12.0 Å². The molecule has 1 fully saturated rings. The number of hydrogen-bond donors (Lipinski definition) is 1. The van der Waals surface area contributed by atoms with Gasteiger partial charge < -0.3 is 10.5 Å². The Morgan fingerprint density at radius 2 is 2.00 bits per heavy atom. The van der Waals surface area contributed by atoms with Crippen LogP contribution in [0.2, 0.25) is 0 Å². The first-order valence-electron chi connectivity index (χ1n) is 3.55. The summed E-state index contributed by atoms with van der Waals surface area (Å²) in [4.78, 5) is 10.3. The molecular formula is C7H13NO. The van der Waals surface area contributed by atoms with Crippen LogP contribution in [0.15, 0.2) is 0 Å². The third-order valence-corrected chi connectivity index (χ3v) is 2.05. The van der Waals surface area contributed by atoms with E-state index in [2.05, 4.69) is 0 Å². The Balaban J connectivity index is 2.38. The van der Waals surface area contributed by atoms with Crippen LogP contribution in [-0.2, 0) is 4.79 Å². The fourth-order valence-electron chi connectivity index (χ4n) is 1.36. The highest BCUT2D eigenvalue weighted by Crippen LogP contribution is 2.20. The third kappa shape index (κ3) is 1.52. The lowest BCUT2D eigenvalue weighted by molar-refractivity contribution is -0.112. The van der Waals surface area contributed by atoms with Gasteiger partial charge in [-0.25, -0.2) is 0 Å². The van der Waals surface area contributed by atoms with Gasteiger partial charge in [0.25, 0.3) is 0 Å². The summed E-state index contributed by atoms with van der Waals surface area (Å²) in [5.41, 5.74) is 5.66. The molecule has 0 spiro atoms. The Morgan fingerprint density at radius 3 is 2.44 bits per heavy atom. The monoisotopic (exact) mass is 127 g/mol. The Labute approximate surface area is 55.4 Å². The highest BCUT2D eigenvalue weighted by Gasteiger charge is 2.20. The Hall–Kier alpha value is -0.370. The number of carbonyl (C=O) groups is 1. The van der Waals surface area contributed by atoms with Crippen LogP contribution in [0.1, 0.15) is 25.7 Å². The molecule has 0 aromatic carbocycles. The van der Waals surface area contributed by atoms with Crippen LogP contribution in [0.5, 0.6) is 0 Å². The van der Waals surface area contributed by atoms with E-state index in [0.29, 0.717) is 0 Å². The van der Waals surface area contributed by atoms with Crippen molar-refractivity contribution in [1.29, 1.82) is 0 Å². The predicted octanol–water partition coefficient (Wildman–Crippen LogP) is 0.703. The van der Waals surface area contributed by atoms with E-state index in [9.17, 15) is 4.79 Å². The van der Waals surface area contributed by atoms with Crippen molar-refractivity contribution in [2.75, 3.05) is 0 Å². The molecule has 0 bridgehead atoms. The molecule has 0 radical (unpaired) electrons. The van der Waals surface area contributed by atoms with E-state index in [4.69, 9.17) is 5.73 Å². The van der Waals surface area contributed by atoms with Gasteiger partial charge in [-0.15, -0.1) is 0 Å². The molecule has 1 aliphatic rings. The van der Waals surface area contributed by atoms with Gasteiger partial charge in [-0.05, 0) is 12.8 Å². The molecule has 0 unspecified atom stereocenters. The third-order valence-electron chi connectivity index (χ3n) is 2.05. The minimum atomic E-state index is 0.149. The summed E-state index contributed by atoms with van der Waals surface area (Å²) in [6, 6.07) is 0.149. The van der Waals surface area contributed by atoms with E-state index in [1.54, 1.807) is 0 Å². The van der Waals surface area contributed by atoms with Crippen molar-refractivity contribution in [3.63, 3.8) is 0 Å². The SMILES string of the molecule is N[C@@H]1CCCC[C@H]1C=O. The zero-order valence-corrected chi connectivity index (χ0v) is 5.55. The van der Waals surface area contributed by atoms with Gasteiger partial charge in [0.15, 0.2) is 0 Å². The summed E-state index contributed by atoms with van der Waals surface area (Å²) < 4.78 is 0. The minimum Gasteiger partial charge on any atom is -0.327 e. The van der Waals surface area contributed by atoms with Gasteiger partial charge in [-0.2, -0.15) is 0 Å². The van der Waals surface area contributed by atoms with E-state index in [1.807, 2.05) is 0 Å². The minimum absolute atomic E-state index is 0.149. The van der Waals surface area contributed by atoms with Gasteiger partial charge in [-0.1, -0.05) is 12.8 Å². The van der Waals surface area contributed by atoms with E-state index < -0.39 is 0 Å². The fourth-order valence-corrected chi connectivity index (χ4v) is 1.36. The molecule has 0 aliphatic heterocycles. The van der Waals surface area contributed by atoms with Crippen LogP contribution in [0.25, 0.3) is 0 Å². The van der Waals surface area contributed by atoms with Crippen LogP contribution in [0.4, 0.5) is 0 Å². The summed E-state index contributed by atoms with van der Waals surface area (Å²) >= 11 is 0. The summed E-state index contributed by atoms with van der Waals surface area (Å²) in [5, 5.41) is 0. The van der Waals surface area contributed by atoms with Crippen molar-refractivity contribution in [3.8, 4) is 0 Å². The highest BCUT2D eigenvalue weighted by molar-refractivity contribution is 5.54. The van der Waals surface area contributed by atoms with Crippen molar-refractivity contribution in [1.82, 2.24) is 0 Å². The second-order valence-corrected chi connectivity index (χ2v) is 2.75. The van der Waals surface area contributed by atoms with Crippen molar-refractivity contribution in [2.45, 2.75) is 31.7 Å². The molecule has 0 heterocycles. The van der Waals surface area contributed by atoms with Crippen LogP contribution >= 0.6 is 0 Å². The van der Waals surface area contributed by atoms with Crippen molar-refractivity contribution >= 4 is 6.29 Å². The summed E-state index contributed by atoms with van der Waals surface area (Å²) in [6.45, 7) is 0. The van der Waals surface area contributed by atoms with Gasteiger partial charge >= 0.3 is 0 Å². The van der Waals surface area contributed by atoms with E-state index >= 15 is 0 Å². The first kappa shape index (κ1) is 6.75. The molecule has 9 heavy (non-hydrogen) atoms. The molecule has 2 N–H and O–H groups in total. The Morgan fingerprint density at radius 1 is 1.33 bits per heavy atom. The number of carbonyl (C=O) groups excluding carboxylic acids is 1. The Kier molecular flexibility index (Phi) is 2.22. The molecular weight excluding hydrogens is 114 g/mol. The average molecular weight is 127 g/mol. The molecule has 1 aliphatic carbocycles. The van der Waals surface area contributed by atoms with Crippen LogP contribution in [0, 0.1) is 5.92 Å². The number of aldehydes is 1. The van der Waals surface area contributed by atoms with Crippen LogP contribution in [0.3, 0.4) is 0 Å². The molecule has 2 heteroatoms. The molecule has 1 saturated carbocycles. The topological polar surface area (TPSA) is 43.1 Å².